The number of piperazine rings is 1. The predicted octanol–water partition coefficient (Wildman–Crippen LogP) is 2.58. The molecule has 2 aromatic rings. The summed E-state index contributed by atoms with van der Waals surface area (Å²) in [5.41, 5.74) is 3.65. The summed E-state index contributed by atoms with van der Waals surface area (Å²) < 4.78 is 0. The van der Waals surface area contributed by atoms with E-state index in [1.807, 2.05) is 31.2 Å². The highest BCUT2D eigenvalue weighted by molar-refractivity contribution is 6.30. The lowest BCUT2D eigenvalue weighted by Gasteiger charge is -2.36. The number of carbonyl (C=O) groups is 2. The Labute approximate surface area is 171 Å². The van der Waals surface area contributed by atoms with Gasteiger partial charge in [0.2, 0.25) is 0 Å². The van der Waals surface area contributed by atoms with Crippen molar-refractivity contribution in [3.63, 3.8) is 0 Å². The quantitative estimate of drug-likeness (QED) is 0.758. The summed E-state index contributed by atoms with van der Waals surface area (Å²) in [7, 11) is 0. The number of amides is 1. The van der Waals surface area contributed by atoms with Gasteiger partial charge >= 0.3 is 0 Å². The Balaban J connectivity index is 1.59. The van der Waals surface area contributed by atoms with E-state index in [2.05, 4.69) is 17.1 Å². The Morgan fingerprint density at radius 3 is 2.54 bits per heavy atom. The molecular weight excluding hydrogens is 374 g/mol. The molecule has 0 spiro atoms. The largest absolute Gasteiger partial charge is 0.360 e. The fraction of sp³-hybridized carbons (Fsp3) is 0.364. The van der Waals surface area contributed by atoms with Crippen LogP contribution in [0.1, 0.15) is 29.8 Å². The van der Waals surface area contributed by atoms with E-state index in [4.69, 9.17) is 11.6 Å². The van der Waals surface area contributed by atoms with Gasteiger partial charge in [-0.2, -0.15) is 0 Å². The fourth-order valence-electron chi connectivity index (χ4n) is 3.64. The number of hydrogen-bond acceptors (Lipinski definition) is 3. The molecule has 1 saturated heterocycles. The average molecular weight is 401 g/mol. The number of aryl methyl sites for hydroxylation is 1. The zero-order valence-electron chi connectivity index (χ0n) is 16.6. The lowest BCUT2D eigenvalue weighted by atomic mass is 10.1. The summed E-state index contributed by atoms with van der Waals surface area (Å²) in [4.78, 5) is 27.8. The minimum Gasteiger partial charge on any atom is -0.360 e. The minimum absolute atomic E-state index is 0.0118. The van der Waals surface area contributed by atoms with Crippen molar-refractivity contribution in [1.82, 2.24) is 0 Å². The van der Waals surface area contributed by atoms with Crippen molar-refractivity contribution in [2.24, 2.45) is 0 Å². The van der Waals surface area contributed by atoms with Gasteiger partial charge in [0.15, 0.2) is 11.8 Å². The van der Waals surface area contributed by atoms with E-state index in [0.29, 0.717) is 11.3 Å². The zero-order chi connectivity index (χ0) is 20.3. The van der Waals surface area contributed by atoms with Crippen LogP contribution in [0.25, 0.3) is 0 Å². The Kier molecular flexibility index (Phi) is 6.37. The molecule has 1 amide bonds. The third-order valence-corrected chi connectivity index (χ3v) is 5.69. The van der Waals surface area contributed by atoms with Crippen LogP contribution in [-0.2, 0) is 4.79 Å². The highest BCUT2D eigenvalue weighted by Crippen LogP contribution is 2.24. The first kappa shape index (κ1) is 20.4. The molecule has 6 heteroatoms. The second-order valence-electron chi connectivity index (χ2n) is 7.42. The van der Waals surface area contributed by atoms with Crippen molar-refractivity contribution in [2.45, 2.75) is 26.8 Å². The molecule has 1 heterocycles. The Hall–Kier alpha value is -2.37. The lowest BCUT2D eigenvalue weighted by Crippen LogP contribution is -3.19. The number of nitrogens with zero attached hydrogens (tertiary/aromatic N) is 1. The molecule has 1 aliphatic rings. The molecule has 1 fully saturated rings. The molecule has 5 nitrogen and oxygen atoms in total. The average Bonchev–Trinajstić information content (AvgIpc) is 2.69. The summed E-state index contributed by atoms with van der Waals surface area (Å²) in [6, 6.07) is 12.9. The van der Waals surface area contributed by atoms with Gasteiger partial charge < -0.3 is 15.1 Å². The van der Waals surface area contributed by atoms with Gasteiger partial charge in [-0.15, -0.1) is 0 Å². The summed E-state index contributed by atoms with van der Waals surface area (Å²) in [6.45, 7) is 9.11. The molecule has 1 atom stereocenters. The van der Waals surface area contributed by atoms with Crippen LogP contribution in [0.2, 0.25) is 5.02 Å². The van der Waals surface area contributed by atoms with E-state index in [-0.39, 0.29) is 17.7 Å². The number of benzene rings is 2. The fourth-order valence-corrected chi connectivity index (χ4v) is 3.81. The topological polar surface area (TPSA) is 53.9 Å². The summed E-state index contributed by atoms with van der Waals surface area (Å²) >= 11 is 6.16. The highest BCUT2D eigenvalue weighted by Gasteiger charge is 2.29. The van der Waals surface area contributed by atoms with Crippen LogP contribution in [0.3, 0.4) is 0 Å². The summed E-state index contributed by atoms with van der Waals surface area (Å²) in [5, 5.41) is 3.70. The zero-order valence-corrected chi connectivity index (χ0v) is 17.3. The minimum atomic E-state index is -0.163. The van der Waals surface area contributed by atoms with Gasteiger partial charge in [-0.3, -0.25) is 9.59 Å². The van der Waals surface area contributed by atoms with Crippen LogP contribution in [0, 0.1) is 6.92 Å². The molecule has 0 aromatic heterocycles. The van der Waals surface area contributed by atoms with E-state index in [0.717, 1.165) is 31.2 Å². The van der Waals surface area contributed by atoms with Crippen molar-refractivity contribution in [3.8, 4) is 0 Å². The van der Waals surface area contributed by atoms with Gasteiger partial charge in [0, 0.05) is 22.0 Å². The maximum absolute atomic E-state index is 12.7. The van der Waals surface area contributed by atoms with E-state index in [1.165, 1.54) is 23.1 Å². The molecule has 28 heavy (non-hydrogen) atoms. The number of anilines is 2. The molecule has 2 N–H and O–H groups in total. The number of rotatable bonds is 5. The molecule has 148 valence electrons. The van der Waals surface area contributed by atoms with Gasteiger partial charge in [0.1, 0.15) is 0 Å². The first-order chi connectivity index (χ1) is 13.3. The molecule has 1 aliphatic heterocycles. The first-order valence-corrected chi connectivity index (χ1v) is 10.0. The van der Waals surface area contributed by atoms with Gasteiger partial charge in [-0.25, -0.2) is 0 Å². The standard InChI is InChI=1S/C22H26ClN3O2/c1-15-7-8-19(23)14-21(15)26-11-9-25(10-12-26)16(2)22(28)24-20-6-4-5-18(13-20)17(3)27/h4-8,13-14,16H,9-12H2,1-3H3,(H,24,28)/p+1/t16-/m1/s1. The van der Waals surface area contributed by atoms with Crippen molar-refractivity contribution >= 4 is 34.7 Å². The Morgan fingerprint density at radius 2 is 1.86 bits per heavy atom. The second-order valence-corrected chi connectivity index (χ2v) is 7.86. The molecule has 0 radical (unpaired) electrons. The SMILES string of the molecule is CC(=O)c1cccc(NC(=O)[C@@H](C)[NH+]2CCN(c3cc(Cl)ccc3C)CC2)c1. The maximum Gasteiger partial charge on any atom is 0.282 e. The van der Waals surface area contributed by atoms with Gasteiger partial charge in [-0.1, -0.05) is 29.8 Å². The number of carbonyl (C=O) groups excluding carboxylic acids is 2. The highest BCUT2D eigenvalue weighted by atomic mass is 35.5. The molecular formula is C22H27ClN3O2+. The molecule has 0 bridgehead atoms. The first-order valence-electron chi connectivity index (χ1n) is 9.62. The van der Waals surface area contributed by atoms with Gasteiger partial charge in [-0.05, 0) is 50.6 Å². The molecule has 0 aliphatic carbocycles. The monoisotopic (exact) mass is 400 g/mol. The maximum atomic E-state index is 12.7. The van der Waals surface area contributed by atoms with E-state index < -0.39 is 0 Å². The van der Waals surface area contributed by atoms with Crippen molar-refractivity contribution in [2.75, 3.05) is 36.4 Å². The molecule has 3 rings (SSSR count). The lowest BCUT2D eigenvalue weighted by molar-refractivity contribution is -0.914. The van der Waals surface area contributed by atoms with Crippen molar-refractivity contribution < 1.29 is 14.5 Å². The second kappa shape index (κ2) is 8.76. The van der Waals surface area contributed by atoms with Crippen LogP contribution >= 0.6 is 11.6 Å². The van der Waals surface area contributed by atoms with Gasteiger partial charge in [0.05, 0.1) is 26.2 Å². The van der Waals surface area contributed by atoms with Crippen LogP contribution in [0.15, 0.2) is 42.5 Å². The predicted molar refractivity (Wildman–Crippen MR) is 114 cm³/mol. The third kappa shape index (κ3) is 4.72. The van der Waals surface area contributed by atoms with Crippen LogP contribution < -0.4 is 15.1 Å². The Bertz CT molecular complexity index is 876. The van der Waals surface area contributed by atoms with Crippen molar-refractivity contribution in [1.29, 1.82) is 0 Å². The van der Waals surface area contributed by atoms with Crippen LogP contribution in [0.4, 0.5) is 11.4 Å². The summed E-state index contributed by atoms with van der Waals surface area (Å²) in [5.74, 6) is -0.0368. The number of nitrogens with one attached hydrogen (secondary N) is 2. The molecule has 2 aromatic carbocycles. The molecule has 0 saturated carbocycles. The van der Waals surface area contributed by atoms with E-state index in [1.54, 1.807) is 18.2 Å². The van der Waals surface area contributed by atoms with Crippen LogP contribution in [-0.4, -0.2) is 43.9 Å². The Morgan fingerprint density at radius 1 is 1.14 bits per heavy atom. The van der Waals surface area contributed by atoms with Crippen LogP contribution in [0.5, 0.6) is 0 Å². The number of ketones is 1. The van der Waals surface area contributed by atoms with E-state index in [9.17, 15) is 9.59 Å². The molecule has 0 unspecified atom stereocenters. The van der Waals surface area contributed by atoms with Crippen molar-refractivity contribution in [3.05, 3.63) is 58.6 Å². The normalized spacial score (nSPS) is 15.9. The van der Waals surface area contributed by atoms with Gasteiger partial charge in [0.25, 0.3) is 5.91 Å². The number of Topliss-reactive ketones (excluding diaryl/α,β-unsaturated/α-hetero) is 1. The summed E-state index contributed by atoms with van der Waals surface area (Å²) in [6.07, 6.45) is 0. The smallest absolute Gasteiger partial charge is 0.282 e. The number of halogens is 1. The third-order valence-electron chi connectivity index (χ3n) is 5.46. The number of hydrogen-bond donors (Lipinski definition) is 2. The van der Waals surface area contributed by atoms with E-state index >= 15 is 0 Å². The number of quaternary nitrogens is 1.